The standard InChI is InChI=1S/C13H16Cl2N2O2/c1-9(18)17-6-2-5-16-8-13(19)10-3-4-11(14)12(15)7-10/h3-4,7,16H,2,5-6,8H2,1H3,(H,17,18). The fraction of sp³-hybridized carbons (Fsp3) is 0.385. The maximum Gasteiger partial charge on any atom is 0.216 e. The van der Waals surface area contributed by atoms with Crippen LogP contribution in [0.25, 0.3) is 0 Å². The van der Waals surface area contributed by atoms with E-state index < -0.39 is 0 Å². The highest BCUT2D eigenvalue weighted by molar-refractivity contribution is 6.42. The van der Waals surface area contributed by atoms with Crippen LogP contribution in [0.3, 0.4) is 0 Å². The molecule has 1 rings (SSSR count). The van der Waals surface area contributed by atoms with Crippen molar-refractivity contribution in [3.05, 3.63) is 33.8 Å². The fourth-order valence-corrected chi connectivity index (χ4v) is 1.75. The Labute approximate surface area is 122 Å². The molecule has 0 atom stereocenters. The summed E-state index contributed by atoms with van der Waals surface area (Å²) < 4.78 is 0. The van der Waals surface area contributed by atoms with Gasteiger partial charge in [0.05, 0.1) is 16.6 Å². The van der Waals surface area contributed by atoms with Gasteiger partial charge in [-0.3, -0.25) is 9.59 Å². The average Bonchev–Trinajstić information content (AvgIpc) is 2.36. The van der Waals surface area contributed by atoms with Crippen molar-refractivity contribution >= 4 is 34.9 Å². The normalized spacial score (nSPS) is 10.3. The Bertz CT molecular complexity index is 464. The van der Waals surface area contributed by atoms with Gasteiger partial charge < -0.3 is 10.6 Å². The molecule has 0 heterocycles. The minimum absolute atomic E-state index is 0.0434. The molecule has 0 aliphatic heterocycles. The van der Waals surface area contributed by atoms with E-state index in [1.807, 2.05) is 0 Å². The number of carbonyl (C=O) groups is 2. The quantitative estimate of drug-likeness (QED) is 0.600. The van der Waals surface area contributed by atoms with Gasteiger partial charge in [0.2, 0.25) is 5.91 Å². The van der Waals surface area contributed by atoms with Crippen LogP contribution in [0.4, 0.5) is 0 Å². The van der Waals surface area contributed by atoms with Gasteiger partial charge in [0.1, 0.15) is 0 Å². The zero-order valence-electron chi connectivity index (χ0n) is 10.6. The van der Waals surface area contributed by atoms with Crippen LogP contribution in [0.5, 0.6) is 0 Å². The van der Waals surface area contributed by atoms with Gasteiger partial charge in [-0.15, -0.1) is 0 Å². The monoisotopic (exact) mass is 302 g/mol. The molecule has 0 fully saturated rings. The first-order valence-electron chi connectivity index (χ1n) is 5.94. The van der Waals surface area contributed by atoms with Crippen LogP contribution >= 0.6 is 23.2 Å². The molecule has 19 heavy (non-hydrogen) atoms. The smallest absolute Gasteiger partial charge is 0.216 e. The van der Waals surface area contributed by atoms with E-state index in [-0.39, 0.29) is 18.2 Å². The maximum atomic E-state index is 11.8. The molecule has 104 valence electrons. The summed E-state index contributed by atoms with van der Waals surface area (Å²) in [4.78, 5) is 22.4. The maximum absolute atomic E-state index is 11.8. The summed E-state index contributed by atoms with van der Waals surface area (Å²) in [6, 6.07) is 4.81. The Morgan fingerprint density at radius 2 is 1.89 bits per heavy atom. The number of ketones is 1. The largest absolute Gasteiger partial charge is 0.356 e. The van der Waals surface area contributed by atoms with Gasteiger partial charge in [-0.1, -0.05) is 23.2 Å². The second-order valence-corrected chi connectivity index (χ2v) is 4.88. The van der Waals surface area contributed by atoms with E-state index in [9.17, 15) is 9.59 Å². The summed E-state index contributed by atoms with van der Waals surface area (Å²) >= 11 is 11.6. The molecule has 4 nitrogen and oxygen atoms in total. The lowest BCUT2D eigenvalue weighted by molar-refractivity contribution is -0.118. The topological polar surface area (TPSA) is 58.2 Å². The lowest BCUT2D eigenvalue weighted by Crippen LogP contribution is -2.28. The average molecular weight is 303 g/mol. The van der Waals surface area contributed by atoms with E-state index in [4.69, 9.17) is 23.2 Å². The summed E-state index contributed by atoms with van der Waals surface area (Å²) in [6.07, 6.45) is 0.772. The number of carbonyl (C=O) groups excluding carboxylic acids is 2. The number of benzene rings is 1. The molecule has 0 radical (unpaired) electrons. The van der Waals surface area contributed by atoms with Crippen LogP contribution < -0.4 is 10.6 Å². The van der Waals surface area contributed by atoms with Gasteiger partial charge in [0.15, 0.2) is 5.78 Å². The Kier molecular flexibility index (Phi) is 6.84. The predicted molar refractivity (Wildman–Crippen MR) is 77.0 cm³/mol. The van der Waals surface area contributed by atoms with Gasteiger partial charge in [0.25, 0.3) is 0 Å². The summed E-state index contributed by atoms with van der Waals surface area (Å²) in [7, 11) is 0. The Hall–Kier alpha value is -1.10. The van der Waals surface area contributed by atoms with Crippen molar-refractivity contribution in [2.45, 2.75) is 13.3 Å². The number of Topliss-reactive ketones (excluding diaryl/α,β-unsaturated/α-hetero) is 1. The van der Waals surface area contributed by atoms with Crippen LogP contribution in [0.15, 0.2) is 18.2 Å². The van der Waals surface area contributed by atoms with Crippen molar-refractivity contribution in [1.29, 1.82) is 0 Å². The van der Waals surface area contributed by atoms with Gasteiger partial charge in [-0.25, -0.2) is 0 Å². The Morgan fingerprint density at radius 3 is 2.53 bits per heavy atom. The molecule has 0 bridgehead atoms. The SMILES string of the molecule is CC(=O)NCCCNCC(=O)c1ccc(Cl)c(Cl)c1. The van der Waals surface area contributed by atoms with Gasteiger partial charge in [0, 0.05) is 19.0 Å². The number of halogens is 2. The molecule has 1 amide bonds. The molecule has 6 heteroatoms. The summed E-state index contributed by atoms with van der Waals surface area (Å²) in [5.41, 5.74) is 0.531. The second kappa shape index (κ2) is 8.15. The third kappa shape index (κ3) is 6.05. The molecule has 1 aromatic rings. The van der Waals surface area contributed by atoms with Crippen molar-refractivity contribution in [3.63, 3.8) is 0 Å². The Morgan fingerprint density at radius 1 is 1.16 bits per heavy atom. The van der Waals surface area contributed by atoms with E-state index in [0.717, 1.165) is 6.42 Å². The number of rotatable bonds is 7. The third-order valence-corrected chi connectivity index (χ3v) is 3.17. The first kappa shape index (κ1) is 16.0. The molecule has 0 aromatic heterocycles. The molecule has 0 spiro atoms. The van der Waals surface area contributed by atoms with Crippen molar-refractivity contribution in [2.24, 2.45) is 0 Å². The van der Waals surface area contributed by atoms with Crippen LogP contribution in [0.1, 0.15) is 23.7 Å². The highest BCUT2D eigenvalue weighted by Crippen LogP contribution is 2.22. The van der Waals surface area contributed by atoms with Crippen LogP contribution in [0, 0.1) is 0 Å². The van der Waals surface area contributed by atoms with Crippen molar-refractivity contribution in [3.8, 4) is 0 Å². The minimum Gasteiger partial charge on any atom is -0.356 e. The van der Waals surface area contributed by atoms with Gasteiger partial charge in [-0.05, 0) is 31.2 Å². The first-order chi connectivity index (χ1) is 9.00. The highest BCUT2D eigenvalue weighted by Gasteiger charge is 2.07. The van der Waals surface area contributed by atoms with E-state index in [1.54, 1.807) is 18.2 Å². The van der Waals surface area contributed by atoms with E-state index in [1.165, 1.54) is 6.92 Å². The summed E-state index contributed by atoms with van der Waals surface area (Å²) in [5, 5.41) is 6.50. The minimum atomic E-state index is -0.0492. The third-order valence-electron chi connectivity index (χ3n) is 2.43. The molecule has 0 saturated heterocycles. The highest BCUT2D eigenvalue weighted by atomic mass is 35.5. The number of hydrogen-bond donors (Lipinski definition) is 2. The Balaban J connectivity index is 2.27. The van der Waals surface area contributed by atoms with Gasteiger partial charge in [-0.2, -0.15) is 0 Å². The van der Waals surface area contributed by atoms with Crippen LogP contribution in [0.2, 0.25) is 10.0 Å². The first-order valence-corrected chi connectivity index (χ1v) is 6.69. The molecule has 2 N–H and O–H groups in total. The second-order valence-electron chi connectivity index (χ2n) is 4.07. The van der Waals surface area contributed by atoms with Crippen LogP contribution in [-0.4, -0.2) is 31.3 Å². The van der Waals surface area contributed by atoms with Crippen molar-refractivity contribution < 1.29 is 9.59 Å². The van der Waals surface area contributed by atoms with E-state index in [0.29, 0.717) is 28.7 Å². The molecule has 0 saturated carbocycles. The fourth-order valence-electron chi connectivity index (χ4n) is 1.45. The molecule has 0 aliphatic carbocycles. The molecule has 0 unspecified atom stereocenters. The summed E-state index contributed by atoms with van der Waals surface area (Å²) in [5.74, 6) is -0.0926. The lowest BCUT2D eigenvalue weighted by atomic mass is 10.1. The molecular formula is C13H16Cl2N2O2. The molecular weight excluding hydrogens is 287 g/mol. The predicted octanol–water partition coefficient (Wildman–Crippen LogP) is 2.29. The zero-order chi connectivity index (χ0) is 14.3. The van der Waals surface area contributed by atoms with Crippen molar-refractivity contribution in [1.82, 2.24) is 10.6 Å². The lowest BCUT2D eigenvalue weighted by Gasteiger charge is -2.05. The molecule has 0 aliphatic rings. The van der Waals surface area contributed by atoms with Crippen LogP contribution in [-0.2, 0) is 4.79 Å². The van der Waals surface area contributed by atoms with Crippen molar-refractivity contribution in [2.75, 3.05) is 19.6 Å². The van der Waals surface area contributed by atoms with E-state index in [2.05, 4.69) is 10.6 Å². The number of hydrogen-bond acceptors (Lipinski definition) is 3. The zero-order valence-corrected chi connectivity index (χ0v) is 12.1. The molecule has 1 aromatic carbocycles. The number of nitrogens with one attached hydrogen (secondary N) is 2. The van der Waals surface area contributed by atoms with E-state index >= 15 is 0 Å². The summed E-state index contributed by atoms with van der Waals surface area (Å²) in [6.45, 7) is 2.97. The van der Waals surface area contributed by atoms with Gasteiger partial charge >= 0.3 is 0 Å². The number of amides is 1.